The zero-order valence-electron chi connectivity index (χ0n) is 12.9. The van der Waals surface area contributed by atoms with Crippen LogP contribution in [-0.4, -0.2) is 37.0 Å². The lowest BCUT2D eigenvalue weighted by Crippen LogP contribution is -2.37. The maximum Gasteiger partial charge on any atom is 0.222 e. The van der Waals surface area contributed by atoms with Crippen LogP contribution in [0.1, 0.15) is 47.0 Å². The molecule has 1 saturated heterocycles. The monoisotopic (exact) mass is 290 g/mol. The number of hydrogen-bond donors (Lipinski definition) is 1. The van der Waals surface area contributed by atoms with E-state index in [1.165, 1.54) is 12.8 Å². The van der Waals surface area contributed by atoms with Gasteiger partial charge in [0.2, 0.25) is 5.91 Å². The van der Waals surface area contributed by atoms with Crippen LogP contribution in [0, 0.1) is 17.8 Å². The van der Waals surface area contributed by atoms with Gasteiger partial charge in [0.1, 0.15) is 0 Å². The molecule has 19 heavy (non-hydrogen) atoms. The minimum Gasteiger partial charge on any atom is -0.343 e. The van der Waals surface area contributed by atoms with Gasteiger partial charge in [0.25, 0.3) is 0 Å². The standard InChI is InChI=1S/C15H30N2O.ClH/c1-5-17(11-12(2)3)15(18)10-13(4)14-6-8-16-9-7-14;/h12-14,16H,5-11H2,1-4H3;1H. The third kappa shape index (κ3) is 6.62. The number of rotatable bonds is 6. The fraction of sp³-hybridized carbons (Fsp3) is 0.933. The van der Waals surface area contributed by atoms with Gasteiger partial charge in [-0.25, -0.2) is 0 Å². The van der Waals surface area contributed by atoms with Crippen LogP contribution in [0.4, 0.5) is 0 Å². The lowest BCUT2D eigenvalue weighted by molar-refractivity contribution is -0.132. The van der Waals surface area contributed by atoms with E-state index in [1.807, 2.05) is 4.90 Å². The first-order valence-electron chi connectivity index (χ1n) is 7.53. The Morgan fingerprint density at radius 3 is 2.32 bits per heavy atom. The molecular formula is C15H31ClN2O. The number of halogens is 1. The van der Waals surface area contributed by atoms with Gasteiger partial charge >= 0.3 is 0 Å². The first kappa shape index (κ1) is 18.7. The Morgan fingerprint density at radius 2 is 1.84 bits per heavy atom. The normalized spacial score (nSPS) is 17.9. The average molecular weight is 291 g/mol. The highest BCUT2D eigenvalue weighted by Crippen LogP contribution is 2.25. The van der Waals surface area contributed by atoms with Crippen molar-refractivity contribution in [1.82, 2.24) is 10.2 Å². The zero-order valence-corrected chi connectivity index (χ0v) is 13.8. The molecule has 0 saturated carbocycles. The molecular weight excluding hydrogens is 260 g/mol. The van der Waals surface area contributed by atoms with E-state index in [4.69, 9.17) is 0 Å². The third-order valence-corrected chi connectivity index (χ3v) is 4.01. The van der Waals surface area contributed by atoms with Crippen molar-refractivity contribution in [2.75, 3.05) is 26.2 Å². The highest BCUT2D eigenvalue weighted by atomic mass is 35.5. The van der Waals surface area contributed by atoms with Crippen molar-refractivity contribution in [2.45, 2.75) is 47.0 Å². The molecule has 4 heteroatoms. The Morgan fingerprint density at radius 1 is 1.26 bits per heavy atom. The van der Waals surface area contributed by atoms with Crippen LogP contribution in [0.25, 0.3) is 0 Å². The summed E-state index contributed by atoms with van der Waals surface area (Å²) in [5.41, 5.74) is 0. The summed E-state index contributed by atoms with van der Waals surface area (Å²) in [6.45, 7) is 12.6. The molecule has 0 radical (unpaired) electrons. The van der Waals surface area contributed by atoms with Crippen LogP contribution < -0.4 is 5.32 Å². The quantitative estimate of drug-likeness (QED) is 0.816. The fourth-order valence-electron chi connectivity index (χ4n) is 2.83. The van der Waals surface area contributed by atoms with Gasteiger partial charge in [-0.1, -0.05) is 20.8 Å². The molecule has 1 N–H and O–H groups in total. The van der Waals surface area contributed by atoms with Crippen molar-refractivity contribution in [3.8, 4) is 0 Å². The molecule has 1 rings (SSSR count). The molecule has 114 valence electrons. The second-order valence-corrected chi connectivity index (χ2v) is 6.10. The fourth-order valence-corrected chi connectivity index (χ4v) is 2.83. The third-order valence-electron chi connectivity index (χ3n) is 4.01. The van der Waals surface area contributed by atoms with E-state index in [2.05, 4.69) is 33.0 Å². The molecule has 3 nitrogen and oxygen atoms in total. The first-order chi connectivity index (χ1) is 8.54. The molecule has 0 bridgehead atoms. The summed E-state index contributed by atoms with van der Waals surface area (Å²) in [6.07, 6.45) is 3.18. The molecule has 1 aliphatic heterocycles. The Hall–Kier alpha value is -0.280. The predicted molar refractivity (Wildman–Crippen MR) is 83.7 cm³/mol. The van der Waals surface area contributed by atoms with Crippen molar-refractivity contribution < 1.29 is 4.79 Å². The number of carbonyl (C=O) groups excluding carboxylic acids is 1. The number of nitrogens with zero attached hydrogens (tertiary/aromatic N) is 1. The van der Waals surface area contributed by atoms with E-state index in [0.29, 0.717) is 17.7 Å². The minimum absolute atomic E-state index is 0. The second-order valence-electron chi connectivity index (χ2n) is 6.10. The maximum absolute atomic E-state index is 12.3. The van der Waals surface area contributed by atoms with Gasteiger partial charge in [-0.15, -0.1) is 12.4 Å². The molecule has 1 fully saturated rings. The lowest BCUT2D eigenvalue weighted by atomic mass is 9.84. The SMILES string of the molecule is CCN(CC(C)C)C(=O)CC(C)C1CCNCC1.Cl. The van der Waals surface area contributed by atoms with E-state index >= 15 is 0 Å². The summed E-state index contributed by atoms with van der Waals surface area (Å²) >= 11 is 0. The van der Waals surface area contributed by atoms with Crippen LogP contribution in [0.3, 0.4) is 0 Å². The van der Waals surface area contributed by atoms with Gasteiger partial charge < -0.3 is 10.2 Å². The Balaban J connectivity index is 0.00000324. The largest absolute Gasteiger partial charge is 0.343 e. The molecule has 0 aliphatic carbocycles. The minimum atomic E-state index is 0. The first-order valence-corrected chi connectivity index (χ1v) is 7.53. The van der Waals surface area contributed by atoms with Crippen LogP contribution in [0.15, 0.2) is 0 Å². The Bertz CT molecular complexity index is 253. The highest BCUT2D eigenvalue weighted by Gasteiger charge is 2.24. The summed E-state index contributed by atoms with van der Waals surface area (Å²) in [6, 6.07) is 0. The number of amides is 1. The Labute approximate surface area is 124 Å². The van der Waals surface area contributed by atoms with E-state index in [1.54, 1.807) is 0 Å². The number of hydrogen-bond acceptors (Lipinski definition) is 2. The smallest absolute Gasteiger partial charge is 0.222 e. The van der Waals surface area contributed by atoms with Crippen LogP contribution in [-0.2, 0) is 4.79 Å². The summed E-state index contributed by atoms with van der Waals surface area (Å²) in [7, 11) is 0. The molecule has 0 aromatic rings. The van der Waals surface area contributed by atoms with E-state index in [-0.39, 0.29) is 12.4 Å². The van der Waals surface area contributed by atoms with E-state index in [0.717, 1.165) is 38.5 Å². The molecule has 1 amide bonds. The molecule has 1 heterocycles. The van der Waals surface area contributed by atoms with Crippen molar-refractivity contribution in [1.29, 1.82) is 0 Å². The number of nitrogens with one attached hydrogen (secondary N) is 1. The lowest BCUT2D eigenvalue weighted by Gasteiger charge is -2.30. The summed E-state index contributed by atoms with van der Waals surface area (Å²) in [4.78, 5) is 14.3. The summed E-state index contributed by atoms with van der Waals surface area (Å²) < 4.78 is 0. The van der Waals surface area contributed by atoms with Crippen molar-refractivity contribution in [3.05, 3.63) is 0 Å². The molecule has 0 spiro atoms. The van der Waals surface area contributed by atoms with Gasteiger partial charge in [0.05, 0.1) is 0 Å². The van der Waals surface area contributed by atoms with Crippen molar-refractivity contribution in [3.63, 3.8) is 0 Å². The van der Waals surface area contributed by atoms with Gasteiger partial charge in [0, 0.05) is 19.5 Å². The molecule has 0 aromatic carbocycles. The molecule has 0 aromatic heterocycles. The van der Waals surface area contributed by atoms with E-state index in [9.17, 15) is 4.79 Å². The topological polar surface area (TPSA) is 32.3 Å². The van der Waals surface area contributed by atoms with Gasteiger partial charge in [-0.2, -0.15) is 0 Å². The van der Waals surface area contributed by atoms with Crippen LogP contribution in [0.5, 0.6) is 0 Å². The highest BCUT2D eigenvalue weighted by molar-refractivity contribution is 5.85. The van der Waals surface area contributed by atoms with Crippen LogP contribution >= 0.6 is 12.4 Å². The number of piperidine rings is 1. The van der Waals surface area contributed by atoms with E-state index < -0.39 is 0 Å². The maximum atomic E-state index is 12.3. The molecule has 1 unspecified atom stereocenters. The zero-order chi connectivity index (χ0) is 13.5. The van der Waals surface area contributed by atoms with Gasteiger partial charge in [0.15, 0.2) is 0 Å². The van der Waals surface area contributed by atoms with Gasteiger partial charge in [-0.05, 0) is 50.6 Å². The van der Waals surface area contributed by atoms with Crippen molar-refractivity contribution >= 4 is 18.3 Å². The van der Waals surface area contributed by atoms with Gasteiger partial charge in [-0.3, -0.25) is 4.79 Å². The summed E-state index contributed by atoms with van der Waals surface area (Å²) in [5, 5.41) is 3.39. The molecule has 1 atom stereocenters. The Kier molecular flexibility index (Phi) is 9.46. The second kappa shape index (κ2) is 9.60. The average Bonchev–Trinajstić information content (AvgIpc) is 2.36. The molecule has 1 aliphatic rings. The van der Waals surface area contributed by atoms with Crippen LogP contribution in [0.2, 0.25) is 0 Å². The predicted octanol–water partition coefficient (Wildman–Crippen LogP) is 2.94. The number of carbonyl (C=O) groups is 1. The van der Waals surface area contributed by atoms with Crippen molar-refractivity contribution in [2.24, 2.45) is 17.8 Å². The summed E-state index contributed by atoms with van der Waals surface area (Å²) in [5.74, 6) is 2.16.